The van der Waals surface area contributed by atoms with Gasteiger partial charge in [-0.1, -0.05) is 48.0 Å². The van der Waals surface area contributed by atoms with Crippen molar-refractivity contribution in [3.63, 3.8) is 0 Å². The van der Waals surface area contributed by atoms with Crippen LogP contribution >= 0.6 is 0 Å². The predicted octanol–water partition coefficient (Wildman–Crippen LogP) is 3.64. The van der Waals surface area contributed by atoms with Crippen molar-refractivity contribution in [3.8, 4) is 0 Å². The molecule has 2 rings (SSSR count). The van der Waals surface area contributed by atoms with Crippen LogP contribution in [0.2, 0.25) is 0 Å². The van der Waals surface area contributed by atoms with E-state index >= 15 is 0 Å². The van der Waals surface area contributed by atoms with Crippen LogP contribution < -0.4 is 5.73 Å². The Morgan fingerprint density at radius 3 is 2.26 bits per heavy atom. The first-order valence-electron chi connectivity index (χ1n) is 6.54. The zero-order chi connectivity index (χ0) is 13.9. The van der Waals surface area contributed by atoms with Crippen LogP contribution in [0.25, 0.3) is 0 Å². The van der Waals surface area contributed by atoms with Crippen LogP contribution in [-0.2, 0) is 12.8 Å². The molecule has 0 radical (unpaired) electrons. The lowest BCUT2D eigenvalue weighted by Gasteiger charge is -2.25. The van der Waals surface area contributed by atoms with E-state index in [2.05, 4.69) is 31.2 Å². The van der Waals surface area contributed by atoms with E-state index in [0.29, 0.717) is 12.0 Å². The number of hydrogen-bond acceptors (Lipinski definition) is 1. The first kappa shape index (κ1) is 13.8. The fourth-order valence-electron chi connectivity index (χ4n) is 2.31. The van der Waals surface area contributed by atoms with Gasteiger partial charge in [-0.15, -0.1) is 0 Å². The molecular weight excluding hydrogens is 237 g/mol. The van der Waals surface area contributed by atoms with Gasteiger partial charge in [0.05, 0.1) is 0 Å². The van der Waals surface area contributed by atoms with Crippen LogP contribution in [0, 0.1) is 12.7 Å². The first-order chi connectivity index (χ1) is 8.96. The summed E-state index contributed by atoms with van der Waals surface area (Å²) in [6.45, 7) is 4.03. The molecule has 0 aliphatic heterocycles. The topological polar surface area (TPSA) is 26.0 Å². The van der Waals surface area contributed by atoms with E-state index in [9.17, 15) is 4.39 Å². The van der Waals surface area contributed by atoms with Crippen molar-refractivity contribution in [2.24, 2.45) is 5.73 Å². The number of aryl methyl sites for hydroxylation is 1. The van der Waals surface area contributed by atoms with Gasteiger partial charge in [0.25, 0.3) is 0 Å². The van der Waals surface area contributed by atoms with Gasteiger partial charge in [0.2, 0.25) is 0 Å². The van der Waals surface area contributed by atoms with E-state index < -0.39 is 5.54 Å². The van der Waals surface area contributed by atoms with E-state index in [1.54, 1.807) is 12.1 Å². The molecule has 2 aromatic carbocycles. The Balaban J connectivity index is 2.10. The largest absolute Gasteiger partial charge is 0.325 e. The van der Waals surface area contributed by atoms with E-state index in [1.807, 2.05) is 13.0 Å². The Labute approximate surface area is 114 Å². The summed E-state index contributed by atoms with van der Waals surface area (Å²) in [5, 5.41) is 0. The summed E-state index contributed by atoms with van der Waals surface area (Å²) in [7, 11) is 0. The molecular formula is C17H20FN. The van der Waals surface area contributed by atoms with Crippen molar-refractivity contribution in [1.82, 2.24) is 0 Å². The molecule has 1 atom stereocenters. The molecule has 1 nitrogen and oxygen atoms in total. The number of nitrogens with two attached hydrogens (primary N) is 1. The molecule has 0 saturated carbocycles. The summed E-state index contributed by atoms with van der Waals surface area (Å²) in [6, 6.07) is 15.2. The molecule has 0 aromatic heterocycles. The van der Waals surface area contributed by atoms with Crippen molar-refractivity contribution in [2.45, 2.75) is 32.2 Å². The average molecular weight is 257 g/mol. The summed E-state index contributed by atoms with van der Waals surface area (Å²) in [4.78, 5) is 0. The maximum atomic E-state index is 13.7. The highest BCUT2D eigenvalue weighted by molar-refractivity contribution is 5.25. The van der Waals surface area contributed by atoms with Gasteiger partial charge in [0.15, 0.2) is 0 Å². The first-order valence-corrected chi connectivity index (χ1v) is 6.54. The fraction of sp³-hybridized carbons (Fsp3) is 0.294. The van der Waals surface area contributed by atoms with Gasteiger partial charge in [-0.3, -0.25) is 0 Å². The second-order valence-electron chi connectivity index (χ2n) is 5.58. The highest BCUT2D eigenvalue weighted by Crippen LogP contribution is 2.18. The van der Waals surface area contributed by atoms with Crippen molar-refractivity contribution in [1.29, 1.82) is 0 Å². The molecule has 0 aliphatic rings. The van der Waals surface area contributed by atoms with E-state index in [1.165, 1.54) is 17.2 Å². The van der Waals surface area contributed by atoms with Crippen LogP contribution in [0.4, 0.5) is 4.39 Å². The Morgan fingerprint density at radius 1 is 1.00 bits per heavy atom. The molecule has 0 heterocycles. The Kier molecular flexibility index (Phi) is 4.01. The Hall–Kier alpha value is -1.67. The molecule has 0 spiro atoms. The van der Waals surface area contributed by atoms with Gasteiger partial charge in [-0.25, -0.2) is 4.39 Å². The smallest absolute Gasteiger partial charge is 0.126 e. The van der Waals surface area contributed by atoms with Crippen LogP contribution in [0.3, 0.4) is 0 Å². The molecule has 0 fully saturated rings. The van der Waals surface area contributed by atoms with Crippen molar-refractivity contribution < 1.29 is 4.39 Å². The number of hydrogen-bond donors (Lipinski definition) is 1. The molecule has 1 unspecified atom stereocenters. The SMILES string of the molecule is Cc1ccc(CC(C)(N)Cc2ccccc2F)cc1. The Morgan fingerprint density at radius 2 is 1.63 bits per heavy atom. The molecule has 0 amide bonds. The monoisotopic (exact) mass is 257 g/mol. The lowest BCUT2D eigenvalue weighted by Crippen LogP contribution is -2.41. The number of rotatable bonds is 4. The summed E-state index contributed by atoms with van der Waals surface area (Å²) in [5.74, 6) is -0.178. The number of halogens is 1. The zero-order valence-electron chi connectivity index (χ0n) is 11.5. The van der Waals surface area contributed by atoms with Gasteiger partial charge in [-0.05, 0) is 43.9 Å². The molecule has 0 saturated heterocycles. The van der Waals surface area contributed by atoms with Crippen molar-refractivity contribution in [3.05, 3.63) is 71.0 Å². The third-order valence-corrected chi connectivity index (χ3v) is 3.28. The zero-order valence-corrected chi connectivity index (χ0v) is 11.5. The van der Waals surface area contributed by atoms with Crippen LogP contribution in [-0.4, -0.2) is 5.54 Å². The number of benzene rings is 2. The quantitative estimate of drug-likeness (QED) is 0.889. The average Bonchev–Trinajstić information content (AvgIpc) is 2.35. The molecule has 0 aliphatic carbocycles. The van der Waals surface area contributed by atoms with E-state index in [-0.39, 0.29) is 5.82 Å². The maximum Gasteiger partial charge on any atom is 0.126 e. The van der Waals surface area contributed by atoms with Gasteiger partial charge in [-0.2, -0.15) is 0 Å². The van der Waals surface area contributed by atoms with Gasteiger partial charge in [0, 0.05) is 5.54 Å². The molecule has 0 bridgehead atoms. The van der Waals surface area contributed by atoms with Crippen molar-refractivity contribution >= 4 is 0 Å². The summed E-state index contributed by atoms with van der Waals surface area (Å²) in [6.07, 6.45) is 1.27. The van der Waals surface area contributed by atoms with Crippen molar-refractivity contribution in [2.75, 3.05) is 0 Å². The van der Waals surface area contributed by atoms with E-state index in [4.69, 9.17) is 5.73 Å². The molecule has 2 aromatic rings. The predicted molar refractivity (Wildman–Crippen MR) is 77.6 cm³/mol. The summed E-state index contributed by atoms with van der Waals surface area (Å²) in [5.41, 5.74) is 8.97. The fourth-order valence-corrected chi connectivity index (χ4v) is 2.31. The molecule has 2 heteroatoms. The lowest BCUT2D eigenvalue weighted by atomic mass is 9.87. The van der Waals surface area contributed by atoms with Crippen LogP contribution in [0.1, 0.15) is 23.6 Å². The lowest BCUT2D eigenvalue weighted by molar-refractivity contribution is 0.451. The third-order valence-electron chi connectivity index (χ3n) is 3.28. The summed E-state index contributed by atoms with van der Waals surface area (Å²) >= 11 is 0. The normalized spacial score (nSPS) is 14.1. The molecule has 19 heavy (non-hydrogen) atoms. The van der Waals surface area contributed by atoms with Gasteiger partial charge in [0.1, 0.15) is 5.82 Å². The summed E-state index contributed by atoms with van der Waals surface area (Å²) < 4.78 is 13.7. The minimum absolute atomic E-state index is 0.178. The molecule has 2 N–H and O–H groups in total. The minimum atomic E-state index is -0.447. The second-order valence-corrected chi connectivity index (χ2v) is 5.58. The molecule has 100 valence electrons. The van der Waals surface area contributed by atoms with Gasteiger partial charge >= 0.3 is 0 Å². The highest BCUT2D eigenvalue weighted by Gasteiger charge is 2.21. The highest BCUT2D eigenvalue weighted by atomic mass is 19.1. The minimum Gasteiger partial charge on any atom is -0.325 e. The standard InChI is InChI=1S/C17H20FN/c1-13-7-9-14(10-8-13)11-17(2,19)12-15-5-3-4-6-16(15)18/h3-10H,11-12,19H2,1-2H3. The third kappa shape index (κ3) is 3.90. The van der Waals surface area contributed by atoms with E-state index in [0.717, 1.165) is 6.42 Å². The second kappa shape index (κ2) is 5.54. The Bertz CT molecular complexity index is 543. The van der Waals surface area contributed by atoms with Gasteiger partial charge < -0.3 is 5.73 Å². The maximum absolute atomic E-state index is 13.7. The van der Waals surface area contributed by atoms with Crippen LogP contribution in [0.5, 0.6) is 0 Å². The van der Waals surface area contributed by atoms with Crippen LogP contribution in [0.15, 0.2) is 48.5 Å².